The van der Waals surface area contributed by atoms with Crippen molar-refractivity contribution < 1.29 is 33.1 Å². The molecule has 54 heavy (non-hydrogen) atoms. The number of amides is 5. The van der Waals surface area contributed by atoms with Gasteiger partial charge < -0.3 is 15.0 Å². The fraction of sp³-hybridized carbons (Fsp3) is 0.410. The molecule has 3 fully saturated rings. The van der Waals surface area contributed by atoms with Crippen molar-refractivity contribution in [1.29, 1.82) is 5.26 Å². The molecule has 13 nitrogen and oxygen atoms in total. The summed E-state index contributed by atoms with van der Waals surface area (Å²) in [5.41, 5.74) is 0.0465. The lowest BCUT2D eigenvalue weighted by molar-refractivity contribution is -0.164. The zero-order valence-electron chi connectivity index (χ0n) is 30.2. The summed E-state index contributed by atoms with van der Waals surface area (Å²) in [6.45, 7) is 11.0. The monoisotopic (exact) mass is 755 g/mol. The maximum absolute atomic E-state index is 15.3. The molecule has 1 aromatic heterocycles. The summed E-state index contributed by atoms with van der Waals surface area (Å²) in [4.78, 5) is 73.2. The van der Waals surface area contributed by atoms with Crippen LogP contribution < -0.4 is 20.3 Å². The van der Waals surface area contributed by atoms with Crippen LogP contribution in [0.15, 0.2) is 48.7 Å². The Bertz CT molecular complexity index is 2110. The van der Waals surface area contributed by atoms with Gasteiger partial charge in [0.2, 0.25) is 11.8 Å². The van der Waals surface area contributed by atoms with Gasteiger partial charge in [0, 0.05) is 68.3 Å². The van der Waals surface area contributed by atoms with Crippen LogP contribution in [0.3, 0.4) is 0 Å². The lowest BCUT2D eigenvalue weighted by Gasteiger charge is -2.63. The summed E-state index contributed by atoms with van der Waals surface area (Å²) < 4.78 is 21.6. The number of nitrogens with zero attached hydrogens (tertiary/aromatic N) is 5. The van der Waals surface area contributed by atoms with E-state index in [0.29, 0.717) is 66.0 Å². The van der Waals surface area contributed by atoms with E-state index in [1.54, 1.807) is 30.5 Å². The molecule has 2 N–H and O–H groups in total. The molecule has 5 amide bonds. The highest BCUT2D eigenvalue weighted by Crippen LogP contribution is 2.55. The minimum atomic E-state index is -1.17. The predicted molar refractivity (Wildman–Crippen MR) is 194 cm³/mol. The number of rotatable bonds is 8. The highest BCUT2D eigenvalue weighted by molar-refractivity contribution is 6.31. The Kier molecular flexibility index (Phi) is 9.43. The molecule has 7 rings (SSSR count). The number of aromatic nitrogens is 1. The average Bonchev–Trinajstić information content (AvgIpc) is 3.38. The first-order valence-corrected chi connectivity index (χ1v) is 18.1. The van der Waals surface area contributed by atoms with Crippen molar-refractivity contribution in [3.8, 4) is 11.8 Å². The summed E-state index contributed by atoms with van der Waals surface area (Å²) in [5.74, 6) is -2.65. The van der Waals surface area contributed by atoms with Gasteiger partial charge in [-0.05, 0) is 48.4 Å². The van der Waals surface area contributed by atoms with Crippen LogP contribution in [0.25, 0.3) is 0 Å². The number of fused-ring (bicyclic) bond motifs is 1. The van der Waals surface area contributed by atoms with Gasteiger partial charge in [0.15, 0.2) is 0 Å². The molecule has 280 valence electrons. The van der Waals surface area contributed by atoms with Crippen molar-refractivity contribution in [2.45, 2.75) is 65.3 Å². The van der Waals surface area contributed by atoms with E-state index in [1.165, 1.54) is 12.1 Å². The van der Waals surface area contributed by atoms with Gasteiger partial charge in [-0.25, -0.2) is 9.37 Å². The Morgan fingerprint density at radius 2 is 1.76 bits per heavy atom. The molecule has 1 atom stereocenters. The molecule has 1 aliphatic carbocycles. The van der Waals surface area contributed by atoms with Gasteiger partial charge in [-0.3, -0.25) is 39.1 Å². The third-order valence-corrected chi connectivity index (χ3v) is 11.4. The van der Waals surface area contributed by atoms with Crippen molar-refractivity contribution in [1.82, 2.24) is 25.4 Å². The normalized spacial score (nSPS) is 23.3. The van der Waals surface area contributed by atoms with Crippen molar-refractivity contribution in [2.75, 3.05) is 31.1 Å². The Labute approximate surface area is 316 Å². The van der Waals surface area contributed by atoms with Gasteiger partial charge in [-0.1, -0.05) is 39.3 Å². The number of carbonyl (C=O) groups is 5. The van der Waals surface area contributed by atoms with Crippen LogP contribution in [0.4, 0.5) is 10.2 Å². The van der Waals surface area contributed by atoms with Gasteiger partial charge in [-0.15, -0.1) is 0 Å². The van der Waals surface area contributed by atoms with E-state index in [4.69, 9.17) is 16.3 Å². The molecule has 2 aromatic carbocycles. The second-order valence-electron chi connectivity index (χ2n) is 15.4. The van der Waals surface area contributed by atoms with Crippen LogP contribution in [0.5, 0.6) is 5.75 Å². The fourth-order valence-electron chi connectivity index (χ4n) is 8.61. The van der Waals surface area contributed by atoms with Crippen LogP contribution in [0.1, 0.15) is 82.7 Å². The number of piperazine rings is 1. The van der Waals surface area contributed by atoms with E-state index in [-0.39, 0.29) is 42.0 Å². The highest BCUT2D eigenvalue weighted by atomic mass is 35.5. The van der Waals surface area contributed by atoms with Crippen LogP contribution in [0, 0.1) is 28.0 Å². The molecule has 0 bridgehead atoms. The molecule has 0 radical (unpaired) electrons. The summed E-state index contributed by atoms with van der Waals surface area (Å²) in [5, 5.41) is 14.8. The first-order valence-electron chi connectivity index (χ1n) is 17.7. The maximum atomic E-state index is 15.3. The van der Waals surface area contributed by atoms with Crippen molar-refractivity contribution in [2.24, 2.45) is 10.8 Å². The smallest absolute Gasteiger partial charge is 0.265 e. The summed E-state index contributed by atoms with van der Waals surface area (Å²) >= 11 is 6.22. The Morgan fingerprint density at radius 3 is 2.39 bits per heavy atom. The minimum absolute atomic E-state index is 0.00736. The van der Waals surface area contributed by atoms with Crippen LogP contribution >= 0.6 is 11.6 Å². The van der Waals surface area contributed by atoms with Gasteiger partial charge in [0.05, 0.1) is 27.3 Å². The predicted octanol–water partition coefficient (Wildman–Crippen LogP) is 4.08. The number of ether oxygens (including phenoxy) is 1. The maximum Gasteiger partial charge on any atom is 0.265 e. The quantitative estimate of drug-likeness (QED) is 0.320. The molecule has 15 heteroatoms. The zero-order valence-corrected chi connectivity index (χ0v) is 31.0. The van der Waals surface area contributed by atoms with Crippen molar-refractivity contribution >= 4 is 47.0 Å². The van der Waals surface area contributed by atoms with Crippen molar-refractivity contribution in [3.05, 3.63) is 87.3 Å². The first-order chi connectivity index (χ1) is 25.6. The number of piperidine rings is 1. The Balaban J connectivity index is 0.933. The van der Waals surface area contributed by atoms with Gasteiger partial charge >= 0.3 is 0 Å². The lowest BCUT2D eigenvalue weighted by atomic mass is 9.49. The van der Waals surface area contributed by atoms with Crippen LogP contribution in [-0.2, 0) is 16.1 Å². The molecular weight excluding hydrogens is 717 g/mol. The second kappa shape index (κ2) is 13.8. The number of nitriles is 1. The lowest BCUT2D eigenvalue weighted by Crippen LogP contribution is -2.74. The molecular formula is C39H39ClFN7O6. The molecule has 3 aliphatic heterocycles. The first kappa shape index (κ1) is 36.9. The molecule has 4 heterocycles. The number of nitrogens with one attached hydrogen (secondary N) is 2. The number of hydrogen-bond donors (Lipinski definition) is 2. The van der Waals surface area contributed by atoms with Crippen molar-refractivity contribution in [3.63, 3.8) is 0 Å². The molecule has 0 spiro atoms. The van der Waals surface area contributed by atoms with Gasteiger partial charge in [0.1, 0.15) is 35.6 Å². The van der Waals surface area contributed by atoms with E-state index < -0.39 is 46.3 Å². The number of pyridine rings is 1. The SMILES string of the molecule is CC1(C)[C@H](NC(=O)c2ccc(N3CCN(Cc4cc(F)c5c(c4)C(=O)N(C4CCC(=O)NC4=O)C5=O)CC3)nc2)C(C)(C)[C@H]1Oc1ccc(C#N)c(Cl)c1. The van der Waals surface area contributed by atoms with Gasteiger partial charge in [0.25, 0.3) is 17.7 Å². The summed E-state index contributed by atoms with van der Waals surface area (Å²) in [6, 6.07) is 12.0. The molecule has 1 unspecified atom stereocenters. The van der Waals surface area contributed by atoms with E-state index in [2.05, 4.69) is 25.4 Å². The van der Waals surface area contributed by atoms with E-state index in [1.807, 2.05) is 39.8 Å². The third kappa shape index (κ3) is 6.45. The summed E-state index contributed by atoms with van der Waals surface area (Å²) in [6.07, 6.45) is 1.30. The van der Waals surface area contributed by atoms with Crippen LogP contribution in [0.2, 0.25) is 5.02 Å². The number of imide groups is 2. The number of hydrogen-bond acceptors (Lipinski definition) is 10. The fourth-order valence-corrected chi connectivity index (χ4v) is 8.82. The summed E-state index contributed by atoms with van der Waals surface area (Å²) in [7, 11) is 0. The number of halogens is 2. The number of benzene rings is 2. The Hall–Kier alpha value is -5.39. The van der Waals surface area contributed by atoms with Crippen LogP contribution in [-0.4, -0.2) is 88.7 Å². The molecule has 1 saturated carbocycles. The average molecular weight is 756 g/mol. The van der Waals surface area contributed by atoms with E-state index >= 15 is 4.39 Å². The minimum Gasteiger partial charge on any atom is -0.489 e. The highest BCUT2D eigenvalue weighted by Gasteiger charge is 2.64. The topological polar surface area (TPSA) is 165 Å². The number of anilines is 1. The third-order valence-electron chi connectivity index (χ3n) is 11.1. The number of carbonyl (C=O) groups excluding carboxylic acids is 5. The zero-order chi connectivity index (χ0) is 38.7. The van der Waals surface area contributed by atoms with E-state index in [9.17, 15) is 29.2 Å². The van der Waals surface area contributed by atoms with Gasteiger partial charge in [-0.2, -0.15) is 5.26 Å². The standard InChI is InChI=1S/C39H39ClFN7O6/c1-38(2)36(39(3,4)37(38)54-24-7-5-22(18-42)26(40)17-24)45-32(50)23-6-9-29(43-19-23)47-13-11-46(12-14-47)20-21-15-25-31(27(41)16-21)35(53)48(34(25)52)28-8-10-30(49)44-33(28)51/h5-7,9,15-17,19,28,36-37H,8,10-14,20H2,1-4H3,(H,45,50)(H,44,49,51)/t28?,36-,37-. The second-order valence-corrected chi connectivity index (χ2v) is 15.8. The molecule has 4 aliphatic rings. The molecule has 2 saturated heterocycles. The Morgan fingerprint density at radius 1 is 1.04 bits per heavy atom. The molecule has 3 aromatic rings. The largest absolute Gasteiger partial charge is 0.489 e. The van der Waals surface area contributed by atoms with E-state index in [0.717, 1.165) is 4.90 Å².